The van der Waals surface area contributed by atoms with Crippen molar-refractivity contribution in [1.82, 2.24) is 0 Å². The molecule has 0 spiro atoms. The number of aromatic hydroxyl groups is 4. The molecule has 2 saturated carbocycles. The van der Waals surface area contributed by atoms with E-state index in [9.17, 15) is 39.6 Å². The Balaban J connectivity index is 0.0000173. The van der Waals surface area contributed by atoms with E-state index in [0.717, 1.165) is 51.4 Å². The molecule has 2 aliphatic carbocycles. The normalized spacial score (nSPS) is 17.6. The van der Waals surface area contributed by atoms with E-state index < -0.39 is 62.7 Å². The van der Waals surface area contributed by atoms with Crippen LogP contribution in [0.2, 0.25) is 25.2 Å². The Bertz CT molecular complexity index is 3290. The van der Waals surface area contributed by atoms with E-state index in [0.29, 0.717) is 87.4 Å². The Morgan fingerprint density at radius 2 is 0.602 bits per heavy atom. The van der Waals surface area contributed by atoms with Gasteiger partial charge >= 0.3 is 41.0 Å². The number of carbonyl (C=O) groups excluding carboxylic acids is 4. The van der Waals surface area contributed by atoms with Crippen molar-refractivity contribution >= 4 is 65.9 Å². The fourth-order valence-corrected chi connectivity index (χ4v) is 14.2. The van der Waals surface area contributed by atoms with E-state index in [4.69, 9.17) is 56.6 Å². The summed E-state index contributed by atoms with van der Waals surface area (Å²) < 4.78 is 45.7. The second kappa shape index (κ2) is 35.2. The van der Waals surface area contributed by atoms with Gasteiger partial charge in [0, 0.05) is 136 Å². The Labute approximate surface area is 581 Å². The van der Waals surface area contributed by atoms with Crippen LogP contribution in [-0.4, -0.2) is 139 Å². The van der Waals surface area contributed by atoms with Crippen LogP contribution in [0.4, 0.5) is 4.70 Å². The molecule has 0 saturated heterocycles. The minimum absolute atomic E-state index is 0. The molecule has 4 atom stereocenters. The van der Waals surface area contributed by atoms with Crippen LogP contribution in [-0.2, 0) is 58.5 Å². The van der Waals surface area contributed by atoms with Gasteiger partial charge in [0.05, 0.1) is 24.2 Å². The van der Waals surface area contributed by atoms with Gasteiger partial charge in [-0.1, -0.05) is 115 Å². The van der Waals surface area contributed by atoms with Gasteiger partial charge in [-0.15, -0.1) is 0 Å². The van der Waals surface area contributed by atoms with Crippen LogP contribution in [0.1, 0.15) is 224 Å². The number of halogens is 1. The molecule has 23 heteroatoms. The summed E-state index contributed by atoms with van der Waals surface area (Å²) >= 11 is 0. The Hall–Kier alpha value is -7.16. The third-order valence-corrected chi connectivity index (χ3v) is 23.9. The van der Waals surface area contributed by atoms with Crippen molar-refractivity contribution in [2.75, 3.05) is 28.4 Å². The lowest BCUT2D eigenvalue weighted by molar-refractivity contribution is -0.135. The largest absolute Gasteiger partial charge is 0.507 e. The van der Waals surface area contributed by atoms with Crippen molar-refractivity contribution in [2.24, 2.45) is 20.0 Å². The van der Waals surface area contributed by atoms with Gasteiger partial charge in [0.25, 0.3) is 0 Å². The molecule has 20 nitrogen and oxygen atoms in total. The van der Waals surface area contributed by atoms with Crippen LogP contribution in [0.25, 0.3) is 0 Å². The first-order valence-electron chi connectivity index (χ1n) is 34.1. The first kappa shape index (κ1) is 81.5. The number of nitrogens with zero attached hydrogens (tertiary/aromatic N) is 4. The number of ether oxygens (including phenoxy) is 4. The van der Waals surface area contributed by atoms with E-state index in [1.807, 2.05) is 96.2 Å². The molecule has 0 heterocycles. The number of unbranched alkanes of at least 4 members (excludes halogenated alkanes) is 2. The van der Waals surface area contributed by atoms with E-state index in [1.165, 1.54) is 0 Å². The zero-order valence-corrected chi connectivity index (χ0v) is 63.1. The molecule has 2 unspecified atom stereocenters. The van der Waals surface area contributed by atoms with Crippen molar-refractivity contribution in [3.8, 4) is 46.0 Å². The molecule has 6 rings (SSSR count). The van der Waals surface area contributed by atoms with Crippen LogP contribution in [0.3, 0.4) is 0 Å². The van der Waals surface area contributed by atoms with Gasteiger partial charge in [-0.05, 0) is 122 Å². The highest BCUT2D eigenvalue weighted by molar-refractivity contribution is 6.66. The highest BCUT2D eigenvalue weighted by Gasteiger charge is 2.34. The number of hydrogen-bond acceptors (Lipinski definition) is 20. The second-order valence-electron chi connectivity index (χ2n) is 30.1. The molecule has 2 fully saturated rings. The smallest absolute Gasteiger partial charge is 0.334 e. The van der Waals surface area contributed by atoms with E-state index >= 15 is 0 Å². The molecule has 4 N–H and O–H groups in total. The molecule has 0 bridgehead atoms. The fraction of sp³-hybridized carbons (Fsp3) is 0.573. The summed E-state index contributed by atoms with van der Waals surface area (Å²) in [5.41, 5.74) is 1.87. The summed E-state index contributed by atoms with van der Waals surface area (Å²) in [6.45, 7) is 27.3. The van der Waals surface area contributed by atoms with Gasteiger partial charge in [0.1, 0.15) is 46.0 Å². The van der Waals surface area contributed by atoms with E-state index in [-0.39, 0.29) is 89.1 Å². The standard InChI is InChI=1S/C75H108N4O16Si2.FH/c1-72(2,3)56-40-52(36-48(68(56)84)44-76-60-26-22-24-28-62(60)78-46-50-38-54(42-58(70(50)86)74(7,8)9)94-66(82)32-34-96(17,88-13)89-14)92-64(80)30-20-19-21-31-65(81)93-53-37-49(69(85)57(41-53)73(4,5)6)45-77-61-27-23-25-29-63(61)79-47-51-39-55(43-59(71(51)87)75(10,11)12)95-67(83)33-35-97(18,90-15)91-16;/h36-47,60-63,84-87H,19-35H2,1-18H3;1H/t60?,61?,62-,63-;/m1./s1. The highest BCUT2D eigenvalue weighted by atomic mass is 28.4. The SMILES string of the molecule is CO[Si](C)(CCC(=O)Oc1cc(C=N[C@@H]2CCCCC2N=Cc2cc(OC(=O)CCCCCC(=O)Oc3cc(C=NC4CCCC[C@H]4N=Cc4cc(OC(=O)CC[Si](C)(OC)OC)cc(C(C)(C)C)c4O)c(O)c(C(C)(C)C)c3)cc(C(C)(C)C)c2O)c(O)c(C(C)(C)C)c1)OC.F. The first-order valence-corrected chi connectivity index (χ1v) is 39.1. The molecule has 0 aromatic heterocycles. The van der Waals surface area contributed by atoms with Gasteiger partial charge in [-0.2, -0.15) is 0 Å². The summed E-state index contributed by atoms with van der Waals surface area (Å²) in [6.07, 6.45) is 14.9. The average Bonchev–Trinajstić information content (AvgIpc) is 0.818. The van der Waals surface area contributed by atoms with Crippen molar-refractivity contribution in [1.29, 1.82) is 0 Å². The predicted molar refractivity (Wildman–Crippen MR) is 388 cm³/mol. The average molecular weight is 1400 g/mol. The summed E-state index contributed by atoms with van der Waals surface area (Å²) in [5.74, 6) is -0.595. The van der Waals surface area contributed by atoms with Gasteiger partial charge in [-0.25, -0.2) is 0 Å². The molecule has 0 amide bonds. The molecule has 0 aliphatic heterocycles. The lowest BCUT2D eigenvalue weighted by Crippen LogP contribution is -2.36. The highest BCUT2D eigenvalue weighted by Crippen LogP contribution is 2.42. The van der Waals surface area contributed by atoms with Crippen molar-refractivity contribution < 1.29 is 81.0 Å². The van der Waals surface area contributed by atoms with Crippen molar-refractivity contribution in [3.63, 3.8) is 0 Å². The number of hydrogen-bond donors (Lipinski definition) is 4. The maximum Gasteiger partial charge on any atom is 0.334 e. The minimum Gasteiger partial charge on any atom is -0.507 e. The topological polar surface area (TPSA) is 272 Å². The number of phenols is 4. The maximum atomic E-state index is 13.4. The predicted octanol–water partition coefficient (Wildman–Crippen LogP) is 15.3. The number of phenolic OH excluding ortho intramolecular Hbond substituents is 4. The van der Waals surface area contributed by atoms with Crippen LogP contribution in [0, 0.1) is 0 Å². The first-order chi connectivity index (χ1) is 45.4. The Kier molecular flexibility index (Phi) is 29.3. The third kappa shape index (κ3) is 23.5. The van der Waals surface area contributed by atoms with Gasteiger partial charge in [0.15, 0.2) is 0 Å². The molecule has 0 radical (unpaired) electrons. The second-order valence-corrected chi connectivity index (χ2v) is 37.3. The zero-order chi connectivity index (χ0) is 71.8. The van der Waals surface area contributed by atoms with Gasteiger partial charge < -0.3 is 57.1 Å². The maximum absolute atomic E-state index is 13.4. The third-order valence-electron chi connectivity index (χ3n) is 18.2. The fourth-order valence-electron chi connectivity index (χ4n) is 11.7. The molecule has 2 aliphatic rings. The van der Waals surface area contributed by atoms with Crippen LogP contribution in [0.15, 0.2) is 68.5 Å². The van der Waals surface area contributed by atoms with E-state index in [2.05, 4.69) is 0 Å². The molecular formula is C75H109FN4O16Si2. The van der Waals surface area contributed by atoms with Crippen molar-refractivity contribution in [3.05, 3.63) is 93.0 Å². The molecule has 4 aromatic carbocycles. The van der Waals surface area contributed by atoms with Crippen LogP contribution < -0.4 is 18.9 Å². The van der Waals surface area contributed by atoms with Crippen LogP contribution in [0.5, 0.6) is 46.0 Å². The quantitative estimate of drug-likeness (QED) is 0.0135. The minimum atomic E-state index is -2.51. The molecule has 4 aromatic rings. The monoisotopic (exact) mass is 1400 g/mol. The van der Waals surface area contributed by atoms with Crippen molar-refractivity contribution in [2.45, 2.75) is 250 Å². The number of rotatable bonds is 28. The Morgan fingerprint density at radius 3 is 0.806 bits per heavy atom. The summed E-state index contributed by atoms with van der Waals surface area (Å²) in [7, 11) is 1.28. The summed E-state index contributed by atoms with van der Waals surface area (Å²) in [5, 5.41) is 46.4. The number of aliphatic imine (C=N–C) groups is 4. The van der Waals surface area contributed by atoms with Crippen LogP contribution >= 0.6 is 0 Å². The summed E-state index contributed by atoms with van der Waals surface area (Å²) in [4.78, 5) is 72.9. The lowest BCUT2D eigenvalue weighted by atomic mass is 9.85. The summed E-state index contributed by atoms with van der Waals surface area (Å²) in [6, 6.07) is 12.9. The molecule has 540 valence electrons. The number of carbonyl (C=O) groups is 4. The van der Waals surface area contributed by atoms with Gasteiger partial charge in [-0.3, -0.25) is 43.9 Å². The van der Waals surface area contributed by atoms with Gasteiger partial charge in [0.2, 0.25) is 0 Å². The number of benzene rings is 4. The molecular weight excluding hydrogens is 1290 g/mol. The zero-order valence-electron chi connectivity index (χ0n) is 61.1. The lowest BCUT2D eigenvalue weighted by Gasteiger charge is -2.26. The number of esters is 4. The van der Waals surface area contributed by atoms with E-state index in [1.54, 1.807) is 102 Å². The Morgan fingerprint density at radius 1 is 0.388 bits per heavy atom. The molecule has 98 heavy (non-hydrogen) atoms.